The molecule has 0 aliphatic carbocycles. The van der Waals surface area contributed by atoms with Gasteiger partial charge in [0.2, 0.25) is 0 Å². The van der Waals surface area contributed by atoms with Crippen molar-refractivity contribution in [2.45, 2.75) is 0 Å². The monoisotopic (exact) mass is 705 g/mol. The quantitative estimate of drug-likeness (QED) is 0.165. The SMILES string of the molecule is c1ccc(-c2ccc(N(c3ccc(-c4ccccc4)cc3)c3cccc(-c4cccc(-c5cccc6c5Oc5cccc7cccc(c57)O6)c4)c3)cc2)cc1. The molecule has 0 unspecified atom stereocenters. The Labute approximate surface area is 320 Å². The second kappa shape index (κ2) is 13.9. The van der Waals surface area contributed by atoms with Crippen LogP contribution in [0.4, 0.5) is 17.1 Å². The highest BCUT2D eigenvalue weighted by Crippen LogP contribution is 2.50. The Balaban J connectivity index is 1.03. The third-order valence-electron chi connectivity index (χ3n) is 10.3. The predicted octanol–water partition coefficient (Wildman–Crippen LogP) is 14.9. The lowest BCUT2D eigenvalue weighted by Gasteiger charge is -2.26. The minimum Gasteiger partial charge on any atom is -0.453 e. The fourth-order valence-corrected chi connectivity index (χ4v) is 7.61. The van der Waals surface area contributed by atoms with Crippen molar-refractivity contribution in [2.24, 2.45) is 0 Å². The van der Waals surface area contributed by atoms with Crippen molar-refractivity contribution in [3.63, 3.8) is 0 Å². The lowest BCUT2D eigenvalue weighted by atomic mass is 9.97. The standard InChI is InChI=1S/C52H35NO2/c1-3-12-36(13-4-1)38-26-30-44(31-27-38)53(45-32-28-39(29-33-45)37-14-5-2-6-15-37)46-21-8-19-42(35-46)41-18-7-20-43(34-41)47-22-11-25-50-52(47)55-49-24-10-17-40-16-9-23-48(54-50)51(40)49/h1-35H. The summed E-state index contributed by atoms with van der Waals surface area (Å²) in [6, 6.07) is 74.5. The average Bonchev–Trinajstić information content (AvgIpc) is 3.43. The van der Waals surface area contributed by atoms with Crippen LogP contribution in [-0.4, -0.2) is 0 Å². The van der Waals surface area contributed by atoms with Gasteiger partial charge in [0.25, 0.3) is 0 Å². The van der Waals surface area contributed by atoms with Crippen LogP contribution in [0.2, 0.25) is 0 Å². The van der Waals surface area contributed by atoms with Gasteiger partial charge in [-0.25, -0.2) is 0 Å². The molecule has 0 saturated carbocycles. The molecule has 0 amide bonds. The number of hydrogen-bond donors (Lipinski definition) is 0. The Kier molecular flexibility index (Phi) is 8.16. The smallest absolute Gasteiger partial charge is 0.177 e. The van der Waals surface area contributed by atoms with E-state index < -0.39 is 0 Å². The molecule has 9 aromatic rings. The number of hydrogen-bond acceptors (Lipinski definition) is 3. The van der Waals surface area contributed by atoms with E-state index in [9.17, 15) is 0 Å². The van der Waals surface area contributed by atoms with E-state index in [4.69, 9.17) is 9.47 Å². The number of ether oxygens (including phenoxy) is 2. The summed E-state index contributed by atoms with van der Waals surface area (Å²) in [5.74, 6) is 2.99. The Morgan fingerprint density at radius 3 is 1.40 bits per heavy atom. The van der Waals surface area contributed by atoms with Crippen LogP contribution < -0.4 is 14.4 Å². The van der Waals surface area contributed by atoms with Crippen LogP contribution in [0.15, 0.2) is 212 Å². The lowest BCUT2D eigenvalue weighted by Crippen LogP contribution is -2.10. The second-order valence-corrected chi connectivity index (χ2v) is 13.7. The van der Waals surface area contributed by atoms with Crippen molar-refractivity contribution >= 4 is 27.8 Å². The van der Waals surface area contributed by atoms with E-state index in [-0.39, 0.29) is 0 Å². The largest absolute Gasteiger partial charge is 0.453 e. The van der Waals surface area contributed by atoms with Crippen LogP contribution in [0, 0.1) is 0 Å². The number of benzene rings is 9. The van der Waals surface area contributed by atoms with E-state index >= 15 is 0 Å². The second-order valence-electron chi connectivity index (χ2n) is 13.7. The highest BCUT2D eigenvalue weighted by molar-refractivity contribution is 5.95. The van der Waals surface area contributed by atoms with Crippen molar-refractivity contribution in [2.75, 3.05) is 4.90 Å². The summed E-state index contributed by atoms with van der Waals surface area (Å²) in [6.45, 7) is 0. The Morgan fingerprint density at radius 2 is 0.764 bits per heavy atom. The Morgan fingerprint density at radius 1 is 0.291 bits per heavy atom. The zero-order valence-electron chi connectivity index (χ0n) is 30.0. The van der Waals surface area contributed by atoms with E-state index in [0.29, 0.717) is 11.5 Å². The van der Waals surface area contributed by atoms with Crippen molar-refractivity contribution < 1.29 is 9.47 Å². The van der Waals surface area contributed by atoms with Gasteiger partial charge in [0.05, 0.1) is 5.39 Å². The summed E-state index contributed by atoms with van der Waals surface area (Å²) >= 11 is 0. The molecule has 1 heterocycles. The van der Waals surface area contributed by atoms with Crippen LogP contribution in [0.25, 0.3) is 55.3 Å². The first-order valence-corrected chi connectivity index (χ1v) is 18.6. The van der Waals surface area contributed by atoms with Gasteiger partial charge in [0, 0.05) is 22.6 Å². The molecule has 260 valence electrons. The molecule has 0 N–H and O–H groups in total. The fraction of sp³-hybridized carbons (Fsp3) is 0. The maximum Gasteiger partial charge on any atom is 0.177 e. The lowest BCUT2D eigenvalue weighted by molar-refractivity contribution is 0.440. The van der Waals surface area contributed by atoms with Gasteiger partial charge in [-0.2, -0.15) is 0 Å². The van der Waals surface area contributed by atoms with Crippen molar-refractivity contribution in [1.82, 2.24) is 0 Å². The minimum atomic E-state index is 0.695. The fourth-order valence-electron chi connectivity index (χ4n) is 7.61. The van der Waals surface area contributed by atoms with Gasteiger partial charge in [0.1, 0.15) is 11.5 Å². The zero-order chi connectivity index (χ0) is 36.6. The molecule has 3 nitrogen and oxygen atoms in total. The molecule has 0 fully saturated rings. The van der Waals surface area contributed by atoms with Crippen LogP contribution in [0.3, 0.4) is 0 Å². The molecule has 1 aliphatic rings. The zero-order valence-corrected chi connectivity index (χ0v) is 30.0. The van der Waals surface area contributed by atoms with Gasteiger partial charge in [0.15, 0.2) is 11.5 Å². The predicted molar refractivity (Wildman–Crippen MR) is 227 cm³/mol. The van der Waals surface area contributed by atoms with Gasteiger partial charge in [-0.15, -0.1) is 0 Å². The summed E-state index contributed by atoms with van der Waals surface area (Å²) in [7, 11) is 0. The molecule has 0 aromatic heterocycles. The highest BCUT2D eigenvalue weighted by atomic mass is 16.5. The van der Waals surface area contributed by atoms with Gasteiger partial charge in [-0.1, -0.05) is 152 Å². The van der Waals surface area contributed by atoms with Crippen LogP contribution in [0.5, 0.6) is 23.0 Å². The first kappa shape index (κ1) is 32.3. The molecular weight excluding hydrogens is 671 g/mol. The molecule has 0 atom stereocenters. The van der Waals surface area contributed by atoms with E-state index in [1.54, 1.807) is 0 Å². The normalized spacial score (nSPS) is 11.6. The van der Waals surface area contributed by atoms with E-state index in [1.165, 1.54) is 22.3 Å². The molecule has 0 bridgehead atoms. The molecule has 0 spiro atoms. The number of fused-ring (bicyclic) bond motifs is 1. The Hall–Kier alpha value is -7.36. The molecule has 3 heteroatoms. The molecule has 0 radical (unpaired) electrons. The van der Waals surface area contributed by atoms with Crippen molar-refractivity contribution in [1.29, 1.82) is 0 Å². The number of anilines is 3. The van der Waals surface area contributed by atoms with Gasteiger partial charge >= 0.3 is 0 Å². The molecular formula is C52H35NO2. The van der Waals surface area contributed by atoms with Crippen molar-refractivity contribution in [3.8, 4) is 67.5 Å². The topological polar surface area (TPSA) is 21.7 Å². The van der Waals surface area contributed by atoms with Gasteiger partial charge < -0.3 is 14.4 Å². The summed E-state index contributed by atoms with van der Waals surface area (Å²) < 4.78 is 13.2. The molecule has 1 aliphatic heterocycles. The number of rotatable bonds is 7. The summed E-state index contributed by atoms with van der Waals surface area (Å²) in [5.41, 5.74) is 12.2. The highest BCUT2D eigenvalue weighted by Gasteiger charge is 2.22. The first-order valence-electron chi connectivity index (χ1n) is 18.6. The Bertz CT molecular complexity index is 2710. The summed E-state index contributed by atoms with van der Waals surface area (Å²) in [4.78, 5) is 2.33. The van der Waals surface area contributed by atoms with Crippen LogP contribution in [0.1, 0.15) is 0 Å². The minimum absolute atomic E-state index is 0.695. The summed E-state index contributed by atoms with van der Waals surface area (Å²) in [5, 5.41) is 2.06. The van der Waals surface area contributed by atoms with Crippen molar-refractivity contribution in [3.05, 3.63) is 212 Å². The molecule has 9 aromatic carbocycles. The van der Waals surface area contributed by atoms with Gasteiger partial charge in [-0.3, -0.25) is 0 Å². The van der Waals surface area contributed by atoms with E-state index in [0.717, 1.165) is 61.6 Å². The number of para-hydroxylation sites is 1. The van der Waals surface area contributed by atoms with E-state index in [2.05, 4.69) is 181 Å². The van der Waals surface area contributed by atoms with E-state index in [1.807, 2.05) is 36.4 Å². The number of nitrogens with zero attached hydrogens (tertiary/aromatic N) is 1. The van der Waals surface area contributed by atoms with Crippen LogP contribution in [-0.2, 0) is 0 Å². The van der Waals surface area contributed by atoms with Crippen LogP contribution >= 0.6 is 0 Å². The first-order chi connectivity index (χ1) is 27.2. The third-order valence-corrected chi connectivity index (χ3v) is 10.3. The van der Waals surface area contributed by atoms with Gasteiger partial charge in [-0.05, 0) is 105 Å². The summed E-state index contributed by atoms with van der Waals surface area (Å²) in [6.07, 6.45) is 0. The maximum absolute atomic E-state index is 6.70. The molecule has 10 rings (SSSR count). The molecule has 0 saturated heterocycles. The third kappa shape index (κ3) is 6.18. The molecule has 55 heavy (non-hydrogen) atoms. The average molecular weight is 706 g/mol. The maximum atomic E-state index is 6.70.